The Morgan fingerprint density at radius 1 is 1.21 bits per heavy atom. The minimum Gasteiger partial charge on any atom is -0.306 e. The van der Waals surface area contributed by atoms with Crippen molar-refractivity contribution in [2.24, 2.45) is 17.8 Å². The molecule has 2 nitrogen and oxygen atoms in total. The fourth-order valence-electron chi connectivity index (χ4n) is 3.09. The number of hydrogen-bond donors (Lipinski definition) is 1. The molecule has 0 aromatic carbocycles. The van der Waals surface area contributed by atoms with Crippen LogP contribution in [0, 0.1) is 17.8 Å². The summed E-state index contributed by atoms with van der Waals surface area (Å²) in [6.45, 7) is 13.3. The molecule has 0 aromatic heterocycles. The van der Waals surface area contributed by atoms with Crippen molar-refractivity contribution >= 4 is 12.6 Å². The summed E-state index contributed by atoms with van der Waals surface area (Å²) in [6, 6.07) is 0. The first-order valence-electron chi connectivity index (χ1n) is 8.04. The van der Waals surface area contributed by atoms with Crippen LogP contribution in [-0.4, -0.2) is 55.3 Å². The van der Waals surface area contributed by atoms with Crippen LogP contribution in [-0.2, 0) is 0 Å². The number of rotatable bonds is 8. The Kier molecular flexibility index (Phi) is 8.43. The minimum absolute atomic E-state index is 0.704. The molecular weight excluding hydrogens is 252 g/mol. The van der Waals surface area contributed by atoms with Crippen molar-refractivity contribution in [3.8, 4) is 0 Å². The fraction of sp³-hybridized carbons (Fsp3) is 1.00. The molecule has 1 rings (SSSR count). The lowest BCUT2D eigenvalue weighted by Crippen LogP contribution is -2.37. The standard InChI is InChI=1S/C16H34N2S/c1-14(2)16-6-10-18(11-7-16)9-5-8-17(4)12-15(3)13-19/h14-16,19H,5-13H2,1-4H3. The van der Waals surface area contributed by atoms with Crippen molar-refractivity contribution in [3.63, 3.8) is 0 Å². The Bertz CT molecular complexity index is 225. The maximum atomic E-state index is 4.35. The van der Waals surface area contributed by atoms with Crippen molar-refractivity contribution in [2.45, 2.75) is 40.0 Å². The Balaban J connectivity index is 2.07. The summed E-state index contributed by atoms with van der Waals surface area (Å²) in [7, 11) is 2.24. The molecule has 0 saturated carbocycles. The van der Waals surface area contributed by atoms with Crippen LogP contribution in [0.4, 0.5) is 0 Å². The molecule has 1 heterocycles. The van der Waals surface area contributed by atoms with E-state index in [-0.39, 0.29) is 0 Å². The molecule has 1 saturated heterocycles. The number of hydrogen-bond acceptors (Lipinski definition) is 3. The largest absolute Gasteiger partial charge is 0.306 e. The van der Waals surface area contributed by atoms with Gasteiger partial charge >= 0.3 is 0 Å². The third-order valence-electron chi connectivity index (χ3n) is 4.52. The van der Waals surface area contributed by atoms with Gasteiger partial charge < -0.3 is 9.80 Å². The highest BCUT2D eigenvalue weighted by molar-refractivity contribution is 7.80. The van der Waals surface area contributed by atoms with Gasteiger partial charge in [-0.05, 0) is 76.0 Å². The van der Waals surface area contributed by atoms with E-state index < -0.39 is 0 Å². The topological polar surface area (TPSA) is 6.48 Å². The molecule has 1 fully saturated rings. The molecule has 19 heavy (non-hydrogen) atoms. The maximum Gasteiger partial charge on any atom is 0.00118 e. The molecule has 114 valence electrons. The van der Waals surface area contributed by atoms with Crippen LogP contribution in [0.2, 0.25) is 0 Å². The summed E-state index contributed by atoms with van der Waals surface area (Å²) in [5, 5.41) is 0. The van der Waals surface area contributed by atoms with Crippen LogP contribution in [0.3, 0.4) is 0 Å². The molecule has 0 spiro atoms. The molecule has 1 aliphatic rings. The highest BCUT2D eigenvalue weighted by atomic mass is 32.1. The van der Waals surface area contributed by atoms with E-state index in [1.54, 1.807) is 0 Å². The third-order valence-corrected chi connectivity index (χ3v) is 5.15. The van der Waals surface area contributed by atoms with E-state index in [0.29, 0.717) is 5.92 Å². The number of thiol groups is 1. The van der Waals surface area contributed by atoms with Gasteiger partial charge in [0.25, 0.3) is 0 Å². The van der Waals surface area contributed by atoms with E-state index in [9.17, 15) is 0 Å². The van der Waals surface area contributed by atoms with Gasteiger partial charge in [0.15, 0.2) is 0 Å². The predicted octanol–water partition coefficient (Wildman–Crippen LogP) is 3.24. The van der Waals surface area contributed by atoms with Gasteiger partial charge in [0, 0.05) is 6.54 Å². The van der Waals surface area contributed by atoms with E-state index in [2.05, 4.69) is 50.2 Å². The zero-order valence-corrected chi connectivity index (χ0v) is 14.3. The molecule has 0 radical (unpaired) electrons. The molecule has 1 aliphatic heterocycles. The quantitative estimate of drug-likeness (QED) is 0.684. The van der Waals surface area contributed by atoms with Gasteiger partial charge in [-0.3, -0.25) is 0 Å². The van der Waals surface area contributed by atoms with E-state index >= 15 is 0 Å². The van der Waals surface area contributed by atoms with E-state index in [1.165, 1.54) is 52.0 Å². The number of piperidine rings is 1. The second-order valence-corrected chi connectivity index (χ2v) is 7.19. The molecule has 0 amide bonds. The number of nitrogens with zero attached hydrogens (tertiary/aromatic N) is 2. The first-order chi connectivity index (χ1) is 9.02. The van der Waals surface area contributed by atoms with Crippen LogP contribution in [0.5, 0.6) is 0 Å². The average molecular weight is 287 g/mol. The Hall–Kier alpha value is 0.270. The maximum absolute atomic E-state index is 4.35. The summed E-state index contributed by atoms with van der Waals surface area (Å²) >= 11 is 4.35. The lowest BCUT2D eigenvalue weighted by Gasteiger charge is -2.34. The van der Waals surface area contributed by atoms with Crippen LogP contribution in [0.1, 0.15) is 40.0 Å². The van der Waals surface area contributed by atoms with Gasteiger partial charge in [-0.25, -0.2) is 0 Å². The molecule has 0 bridgehead atoms. The van der Waals surface area contributed by atoms with Crippen molar-refractivity contribution in [1.29, 1.82) is 0 Å². The molecule has 0 N–H and O–H groups in total. The summed E-state index contributed by atoms with van der Waals surface area (Å²) < 4.78 is 0. The predicted molar refractivity (Wildman–Crippen MR) is 89.1 cm³/mol. The lowest BCUT2D eigenvalue weighted by atomic mass is 9.87. The van der Waals surface area contributed by atoms with Gasteiger partial charge in [-0.15, -0.1) is 0 Å². The van der Waals surface area contributed by atoms with Crippen molar-refractivity contribution in [2.75, 3.05) is 45.5 Å². The molecule has 0 aromatic rings. The summed E-state index contributed by atoms with van der Waals surface area (Å²) in [5.41, 5.74) is 0. The van der Waals surface area contributed by atoms with E-state index in [0.717, 1.165) is 17.6 Å². The smallest absolute Gasteiger partial charge is 0.00118 e. The van der Waals surface area contributed by atoms with Gasteiger partial charge in [0.1, 0.15) is 0 Å². The first-order valence-corrected chi connectivity index (χ1v) is 8.68. The van der Waals surface area contributed by atoms with Gasteiger partial charge in [-0.1, -0.05) is 20.8 Å². The second-order valence-electron chi connectivity index (χ2n) is 6.83. The molecule has 1 atom stereocenters. The first kappa shape index (κ1) is 17.3. The molecule has 1 unspecified atom stereocenters. The number of likely N-dealkylation sites (tertiary alicyclic amines) is 1. The van der Waals surface area contributed by atoms with Crippen LogP contribution in [0.15, 0.2) is 0 Å². The zero-order chi connectivity index (χ0) is 14.3. The fourth-order valence-corrected chi connectivity index (χ4v) is 3.20. The monoisotopic (exact) mass is 286 g/mol. The Morgan fingerprint density at radius 2 is 1.84 bits per heavy atom. The van der Waals surface area contributed by atoms with E-state index in [4.69, 9.17) is 0 Å². The van der Waals surface area contributed by atoms with Gasteiger partial charge in [0.05, 0.1) is 0 Å². The van der Waals surface area contributed by atoms with Crippen LogP contribution < -0.4 is 0 Å². The third kappa shape index (κ3) is 7.01. The summed E-state index contributed by atoms with van der Waals surface area (Å²) in [5.74, 6) is 3.54. The van der Waals surface area contributed by atoms with Crippen molar-refractivity contribution in [3.05, 3.63) is 0 Å². The molecule has 3 heteroatoms. The summed E-state index contributed by atoms with van der Waals surface area (Å²) in [6.07, 6.45) is 4.12. The van der Waals surface area contributed by atoms with Gasteiger partial charge in [0.2, 0.25) is 0 Å². The average Bonchev–Trinajstić information content (AvgIpc) is 2.39. The highest BCUT2D eigenvalue weighted by Gasteiger charge is 2.21. The molecular formula is C16H34N2S. The van der Waals surface area contributed by atoms with Crippen LogP contribution in [0.25, 0.3) is 0 Å². The normalized spacial score (nSPS) is 20.4. The van der Waals surface area contributed by atoms with Crippen molar-refractivity contribution in [1.82, 2.24) is 9.80 Å². The Morgan fingerprint density at radius 3 is 2.37 bits per heavy atom. The lowest BCUT2D eigenvalue weighted by molar-refractivity contribution is 0.151. The van der Waals surface area contributed by atoms with E-state index in [1.807, 2.05) is 0 Å². The Labute approximate surface area is 126 Å². The van der Waals surface area contributed by atoms with Crippen LogP contribution >= 0.6 is 12.6 Å². The van der Waals surface area contributed by atoms with Crippen molar-refractivity contribution < 1.29 is 0 Å². The summed E-state index contributed by atoms with van der Waals surface area (Å²) in [4.78, 5) is 5.12. The molecule has 0 aliphatic carbocycles. The minimum atomic E-state index is 0.704. The second kappa shape index (κ2) is 9.25. The SMILES string of the molecule is CC(CS)CN(C)CCCN1CCC(C(C)C)CC1. The highest BCUT2D eigenvalue weighted by Crippen LogP contribution is 2.24. The van der Waals surface area contributed by atoms with Gasteiger partial charge in [-0.2, -0.15) is 12.6 Å². The zero-order valence-electron chi connectivity index (χ0n) is 13.4.